The van der Waals surface area contributed by atoms with Gasteiger partial charge in [-0.05, 0) is 56.4 Å². The van der Waals surface area contributed by atoms with Crippen molar-refractivity contribution >= 4 is 51.4 Å². The highest BCUT2D eigenvalue weighted by Gasteiger charge is 2.28. The van der Waals surface area contributed by atoms with Gasteiger partial charge in [-0.3, -0.25) is 4.79 Å². The van der Waals surface area contributed by atoms with Gasteiger partial charge in [0.25, 0.3) is 5.91 Å². The van der Waals surface area contributed by atoms with Crippen LogP contribution in [0.4, 0.5) is 5.00 Å². The summed E-state index contributed by atoms with van der Waals surface area (Å²) in [7, 11) is 1.34. The lowest BCUT2D eigenvalue weighted by Gasteiger charge is -2.16. The molecule has 0 saturated heterocycles. The highest BCUT2D eigenvalue weighted by Crippen LogP contribution is 2.38. The number of benzene rings is 1. The van der Waals surface area contributed by atoms with Gasteiger partial charge in [0.05, 0.1) is 17.7 Å². The van der Waals surface area contributed by atoms with Crippen molar-refractivity contribution in [1.82, 2.24) is 0 Å². The van der Waals surface area contributed by atoms with Gasteiger partial charge in [0, 0.05) is 9.90 Å². The van der Waals surface area contributed by atoms with Gasteiger partial charge in [-0.1, -0.05) is 23.2 Å². The summed E-state index contributed by atoms with van der Waals surface area (Å²) in [6.45, 7) is 1.62. The van der Waals surface area contributed by atoms with Crippen molar-refractivity contribution in [2.24, 2.45) is 0 Å². The molecule has 0 bridgehead atoms. The van der Waals surface area contributed by atoms with Gasteiger partial charge in [-0.15, -0.1) is 11.3 Å². The van der Waals surface area contributed by atoms with E-state index in [2.05, 4.69) is 5.32 Å². The molecule has 144 valence electrons. The van der Waals surface area contributed by atoms with Crippen molar-refractivity contribution in [3.05, 3.63) is 44.2 Å². The normalized spacial score (nSPS) is 14.2. The van der Waals surface area contributed by atoms with E-state index in [4.69, 9.17) is 32.7 Å². The second-order valence-corrected chi connectivity index (χ2v) is 8.18. The van der Waals surface area contributed by atoms with Crippen molar-refractivity contribution in [2.75, 3.05) is 12.4 Å². The standard InChI is InChI=1S/C19H19Cl2NO4S/c1-10(26-14-8-7-11(20)9-13(14)21)17(23)22-18-16(19(24)25-2)12-5-3-4-6-15(12)27-18/h7-10H,3-6H2,1-2H3,(H,22,23)/t10-/m1/s1. The van der Waals surface area contributed by atoms with E-state index in [0.717, 1.165) is 36.1 Å². The fraction of sp³-hybridized carbons (Fsp3) is 0.368. The molecule has 1 heterocycles. The maximum Gasteiger partial charge on any atom is 0.341 e. The van der Waals surface area contributed by atoms with E-state index in [0.29, 0.717) is 26.4 Å². The van der Waals surface area contributed by atoms with Gasteiger partial charge < -0.3 is 14.8 Å². The summed E-state index contributed by atoms with van der Waals surface area (Å²) in [6.07, 6.45) is 3.02. The Morgan fingerprint density at radius 1 is 1.22 bits per heavy atom. The molecular formula is C19H19Cl2NO4S. The minimum Gasteiger partial charge on any atom is -0.479 e. The number of thiophene rings is 1. The van der Waals surface area contributed by atoms with E-state index >= 15 is 0 Å². The molecule has 8 heteroatoms. The molecule has 1 aromatic carbocycles. The Kier molecular flexibility index (Phi) is 6.29. The summed E-state index contributed by atoms with van der Waals surface area (Å²) < 4.78 is 10.6. The molecule has 0 aliphatic heterocycles. The summed E-state index contributed by atoms with van der Waals surface area (Å²) in [5.74, 6) is -0.439. The molecule has 0 unspecified atom stereocenters. The molecule has 1 aliphatic carbocycles. The van der Waals surface area contributed by atoms with E-state index in [1.807, 2.05) is 0 Å². The third-order valence-electron chi connectivity index (χ3n) is 4.36. The highest BCUT2D eigenvalue weighted by atomic mass is 35.5. The zero-order chi connectivity index (χ0) is 19.6. The maximum absolute atomic E-state index is 12.6. The van der Waals surface area contributed by atoms with Gasteiger partial charge in [-0.25, -0.2) is 4.79 Å². The number of methoxy groups -OCH3 is 1. The molecule has 1 amide bonds. The molecule has 0 radical (unpaired) electrons. The average Bonchev–Trinajstić information content (AvgIpc) is 3.01. The van der Waals surface area contributed by atoms with Crippen molar-refractivity contribution in [1.29, 1.82) is 0 Å². The molecule has 27 heavy (non-hydrogen) atoms. The number of hydrogen-bond acceptors (Lipinski definition) is 5. The Balaban J connectivity index is 1.79. The third kappa shape index (κ3) is 4.39. The van der Waals surface area contributed by atoms with Crippen LogP contribution in [-0.2, 0) is 22.4 Å². The van der Waals surface area contributed by atoms with Gasteiger partial charge in [0.2, 0.25) is 0 Å². The molecule has 2 aromatic rings. The first-order valence-corrected chi connectivity index (χ1v) is 10.1. The quantitative estimate of drug-likeness (QED) is 0.671. The number of amides is 1. The number of fused-ring (bicyclic) bond motifs is 1. The molecule has 0 spiro atoms. The van der Waals surface area contributed by atoms with Crippen LogP contribution in [0.15, 0.2) is 18.2 Å². The fourth-order valence-electron chi connectivity index (χ4n) is 3.00. The SMILES string of the molecule is COC(=O)c1c(NC(=O)[C@@H](C)Oc2ccc(Cl)cc2Cl)sc2c1CCCC2. The van der Waals surface area contributed by atoms with E-state index in [-0.39, 0.29) is 5.91 Å². The van der Waals surface area contributed by atoms with Crippen molar-refractivity contribution < 1.29 is 19.1 Å². The molecule has 3 rings (SSSR count). The second kappa shape index (κ2) is 8.50. The number of esters is 1. The van der Waals surface area contributed by atoms with E-state index in [1.54, 1.807) is 25.1 Å². The highest BCUT2D eigenvalue weighted by molar-refractivity contribution is 7.17. The zero-order valence-corrected chi connectivity index (χ0v) is 17.3. The minimum atomic E-state index is -0.812. The van der Waals surface area contributed by atoms with Crippen molar-refractivity contribution in [3.63, 3.8) is 0 Å². The first-order valence-electron chi connectivity index (χ1n) is 8.56. The monoisotopic (exact) mass is 427 g/mol. The van der Waals surface area contributed by atoms with Gasteiger partial charge >= 0.3 is 5.97 Å². The summed E-state index contributed by atoms with van der Waals surface area (Å²) in [5.41, 5.74) is 1.45. The topological polar surface area (TPSA) is 64.6 Å². The Morgan fingerprint density at radius 2 is 1.96 bits per heavy atom. The number of hydrogen-bond donors (Lipinski definition) is 1. The lowest BCUT2D eigenvalue weighted by atomic mass is 9.95. The smallest absolute Gasteiger partial charge is 0.341 e. The van der Waals surface area contributed by atoms with E-state index in [9.17, 15) is 9.59 Å². The van der Waals surface area contributed by atoms with Crippen molar-refractivity contribution in [3.8, 4) is 5.75 Å². The average molecular weight is 428 g/mol. The van der Waals surface area contributed by atoms with Crippen LogP contribution in [0.3, 0.4) is 0 Å². The van der Waals surface area contributed by atoms with Gasteiger partial charge in [0.15, 0.2) is 6.10 Å². The summed E-state index contributed by atoms with van der Waals surface area (Å²) >= 11 is 13.4. The molecule has 5 nitrogen and oxygen atoms in total. The summed E-state index contributed by atoms with van der Waals surface area (Å²) in [6, 6.07) is 4.79. The largest absolute Gasteiger partial charge is 0.479 e. The molecule has 1 atom stereocenters. The molecular weight excluding hydrogens is 409 g/mol. The maximum atomic E-state index is 12.6. The fourth-order valence-corrected chi connectivity index (χ4v) is 4.73. The first-order chi connectivity index (χ1) is 12.9. The predicted octanol–water partition coefficient (Wildman–Crippen LogP) is 5.13. The van der Waals surface area contributed by atoms with E-state index in [1.165, 1.54) is 18.4 Å². The van der Waals surface area contributed by atoms with Crippen LogP contribution in [0.2, 0.25) is 10.0 Å². The lowest BCUT2D eigenvalue weighted by molar-refractivity contribution is -0.122. The number of anilines is 1. The van der Waals surface area contributed by atoms with Crippen molar-refractivity contribution in [2.45, 2.75) is 38.7 Å². The Hall–Kier alpha value is -1.76. The van der Waals surface area contributed by atoms with E-state index < -0.39 is 12.1 Å². The Labute approximate surface area is 171 Å². The van der Waals surface area contributed by atoms with Crippen LogP contribution >= 0.6 is 34.5 Å². The van der Waals surface area contributed by atoms with Gasteiger partial charge in [0.1, 0.15) is 10.8 Å². The number of nitrogens with one attached hydrogen (secondary N) is 1. The number of rotatable bonds is 5. The second-order valence-electron chi connectivity index (χ2n) is 6.23. The first kappa shape index (κ1) is 20.0. The van der Waals surface area contributed by atoms with Crippen LogP contribution in [0.1, 0.15) is 40.6 Å². The number of carbonyl (C=O) groups is 2. The van der Waals surface area contributed by atoms with Crippen LogP contribution in [0.5, 0.6) is 5.75 Å². The zero-order valence-electron chi connectivity index (χ0n) is 14.9. The molecule has 1 N–H and O–H groups in total. The third-order valence-corrected chi connectivity index (χ3v) is 6.10. The Bertz CT molecular complexity index is 881. The minimum absolute atomic E-state index is 0.323. The molecule has 1 aliphatic rings. The lowest BCUT2D eigenvalue weighted by Crippen LogP contribution is -2.30. The number of ether oxygens (including phenoxy) is 2. The van der Waals surface area contributed by atoms with Crippen LogP contribution in [0, 0.1) is 0 Å². The van der Waals surface area contributed by atoms with Crippen LogP contribution in [0.25, 0.3) is 0 Å². The molecule has 0 fully saturated rings. The number of aryl methyl sites for hydroxylation is 1. The van der Waals surface area contributed by atoms with Crippen LogP contribution < -0.4 is 10.1 Å². The molecule has 1 aromatic heterocycles. The van der Waals surface area contributed by atoms with Gasteiger partial charge in [-0.2, -0.15) is 0 Å². The summed E-state index contributed by atoms with van der Waals surface area (Å²) in [5, 5.41) is 4.13. The predicted molar refractivity (Wildman–Crippen MR) is 107 cm³/mol. The molecule has 0 saturated carbocycles. The number of halogens is 2. The summed E-state index contributed by atoms with van der Waals surface area (Å²) in [4.78, 5) is 26.0. The van der Waals surface area contributed by atoms with Crippen LogP contribution in [-0.4, -0.2) is 25.1 Å². The number of carbonyl (C=O) groups excluding carboxylic acids is 2. The Morgan fingerprint density at radius 3 is 2.67 bits per heavy atom.